The number of amides is 2. The Bertz CT molecular complexity index is 850. The summed E-state index contributed by atoms with van der Waals surface area (Å²) in [5, 5.41) is 14.5. The number of nitrogens with zero attached hydrogens (tertiary/aromatic N) is 3. The minimum atomic E-state index is -1.14. The molecule has 6 rings (SSSR count). The van der Waals surface area contributed by atoms with Crippen molar-refractivity contribution in [3.05, 3.63) is 0 Å². The maximum Gasteiger partial charge on any atom is 0.229 e. The third-order valence-corrected chi connectivity index (χ3v) is 9.27. The molecular weight excluding hydrogens is 484 g/mol. The first-order valence-electron chi connectivity index (χ1n) is 14.0. The Morgan fingerprint density at radius 2 is 1.68 bits per heavy atom. The molecule has 0 aromatic carbocycles. The van der Waals surface area contributed by atoms with Crippen molar-refractivity contribution < 1.29 is 18.4 Å². The number of fused-ring (bicyclic) bond motifs is 3. The van der Waals surface area contributed by atoms with Crippen LogP contribution >= 0.6 is 0 Å². The summed E-state index contributed by atoms with van der Waals surface area (Å²) in [6, 6.07) is -0.0445. The smallest absolute Gasteiger partial charge is 0.229 e. The fourth-order valence-electron chi connectivity index (χ4n) is 7.43. The third-order valence-electron chi connectivity index (χ3n) is 9.27. The van der Waals surface area contributed by atoms with Gasteiger partial charge in [0.05, 0.1) is 30.3 Å². The molecule has 6 aliphatic heterocycles. The number of alkyl halides is 2. The number of hydrogen-bond acceptors (Lipinski definition) is 9. The van der Waals surface area contributed by atoms with E-state index in [0.717, 1.165) is 25.9 Å². The number of carbonyl (C=O) groups is 2. The van der Waals surface area contributed by atoms with Gasteiger partial charge < -0.3 is 26.6 Å². The number of nitrogens with two attached hydrogens (primary N) is 1. The first-order chi connectivity index (χ1) is 17.9. The van der Waals surface area contributed by atoms with E-state index in [-0.39, 0.29) is 37.4 Å². The zero-order valence-corrected chi connectivity index (χ0v) is 21.3. The molecule has 6 aliphatic rings. The van der Waals surface area contributed by atoms with E-state index in [4.69, 9.17) is 5.73 Å². The van der Waals surface area contributed by atoms with Crippen LogP contribution in [-0.4, -0.2) is 128 Å². The van der Waals surface area contributed by atoms with Gasteiger partial charge in [-0.05, 0) is 38.8 Å². The molecular formula is C24H41F2N9O2. The molecule has 2 bridgehead atoms. The first kappa shape index (κ1) is 25.8. The summed E-state index contributed by atoms with van der Waals surface area (Å²) in [6.07, 6.45) is 0.467. The summed E-state index contributed by atoms with van der Waals surface area (Å²) in [5.74, 6) is -0.660. The van der Waals surface area contributed by atoms with Gasteiger partial charge in [0.2, 0.25) is 11.8 Å². The second-order valence-corrected chi connectivity index (χ2v) is 11.8. The van der Waals surface area contributed by atoms with Crippen LogP contribution in [0.5, 0.6) is 0 Å². The number of hydrazine groups is 1. The lowest BCUT2D eigenvalue weighted by Gasteiger charge is -2.46. The predicted octanol–water partition coefficient (Wildman–Crippen LogP) is -2.56. The van der Waals surface area contributed by atoms with Gasteiger partial charge in [-0.3, -0.25) is 19.8 Å². The van der Waals surface area contributed by atoms with Crippen molar-refractivity contribution in [1.29, 1.82) is 0 Å². The summed E-state index contributed by atoms with van der Waals surface area (Å²) >= 11 is 0. The van der Waals surface area contributed by atoms with E-state index in [1.54, 1.807) is 5.01 Å². The van der Waals surface area contributed by atoms with Gasteiger partial charge in [0, 0.05) is 57.3 Å². The molecule has 0 aromatic rings. The highest BCUT2D eigenvalue weighted by Gasteiger charge is 2.49. The Morgan fingerprint density at radius 3 is 2.41 bits per heavy atom. The molecule has 9 unspecified atom stereocenters. The average molecular weight is 526 g/mol. The van der Waals surface area contributed by atoms with E-state index in [9.17, 15) is 14.0 Å². The molecule has 13 heteroatoms. The summed E-state index contributed by atoms with van der Waals surface area (Å²) < 4.78 is 29.1. The van der Waals surface area contributed by atoms with E-state index in [1.807, 2.05) is 4.90 Å². The van der Waals surface area contributed by atoms with Crippen LogP contribution in [0.2, 0.25) is 0 Å². The van der Waals surface area contributed by atoms with Gasteiger partial charge >= 0.3 is 0 Å². The molecule has 6 fully saturated rings. The quantitative estimate of drug-likeness (QED) is 0.235. The molecule has 6 heterocycles. The monoisotopic (exact) mass is 525 g/mol. The zero-order valence-electron chi connectivity index (χ0n) is 21.3. The number of piperazine rings is 1. The largest absolute Gasteiger partial charge is 0.350 e. The maximum absolute atomic E-state index is 15.3. The number of carbonyl (C=O) groups excluding carboxylic acids is 2. The highest BCUT2D eigenvalue weighted by Crippen LogP contribution is 2.29. The second kappa shape index (κ2) is 10.6. The Morgan fingerprint density at radius 1 is 0.946 bits per heavy atom. The number of halogens is 2. The molecule has 0 aromatic heterocycles. The molecule has 2 amide bonds. The van der Waals surface area contributed by atoms with Crippen molar-refractivity contribution in [3.63, 3.8) is 0 Å². The molecule has 0 radical (unpaired) electrons. The van der Waals surface area contributed by atoms with Gasteiger partial charge in [0.25, 0.3) is 0 Å². The fourth-order valence-corrected chi connectivity index (χ4v) is 7.43. The van der Waals surface area contributed by atoms with E-state index in [2.05, 4.69) is 31.6 Å². The first-order valence-corrected chi connectivity index (χ1v) is 14.0. The molecule has 0 saturated carbocycles. The zero-order chi connectivity index (χ0) is 25.7. The third kappa shape index (κ3) is 5.11. The number of rotatable bonds is 4. The maximum atomic E-state index is 15.3. The van der Waals surface area contributed by atoms with Gasteiger partial charge in [-0.1, -0.05) is 0 Å². The summed E-state index contributed by atoms with van der Waals surface area (Å²) in [5.41, 5.74) is 9.20. The van der Waals surface area contributed by atoms with Crippen LogP contribution in [0.15, 0.2) is 0 Å². The van der Waals surface area contributed by atoms with Crippen LogP contribution in [0.25, 0.3) is 0 Å². The summed E-state index contributed by atoms with van der Waals surface area (Å²) in [6.45, 7) is 3.88. The SMILES string of the molecule is NC1NN2CC(F)CNC2C1C(=O)NC1CNCC(F)C1N1CCC(C(=O)N2CC3CCC(C2)N3)CC1. The second-order valence-electron chi connectivity index (χ2n) is 11.8. The highest BCUT2D eigenvalue weighted by atomic mass is 19.1. The highest BCUT2D eigenvalue weighted by molar-refractivity contribution is 5.81. The minimum absolute atomic E-state index is 0.0215. The van der Waals surface area contributed by atoms with Crippen molar-refractivity contribution >= 4 is 11.8 Å². The van der Waals surface area contributed by atoms with Gasteiger partial charge in [-0.2, -0.15) is 0 Å². The number of piperidine rings is 2. The van der Waals surface area contributed by atoms with Gasteiger partial charge in [0.1, 0.15) is 12.3 Å². The fraction of sp³-hybridized carbons (Fsp3) is 0.917. The van der Waals surface area contributed by atoms with Gasteiger partial charge in [0.15, 0.2) is 0 Å². The van der Waals surface area contributed by atoms with Crippen molar-refractivity contribution in [2.24, 2.45) is 17.6 Å². The lowest BCUT2D eigenvalue weighted by Crippen LogP contribution is -2.67. The predicted molar refractivity (Wildman–Crippen MR) is 132 cm³/mol. The van der Waals surface area contributed by atoms with Crippen molar-refractivity contribution in [3.8, 4) is 0 Å². The number of likely N-dealkylation sites (tertiary alicyclic amines) is 2. The lowest BCUT2D eigenvalue weighted by atomic mass is 9.89. The standard InChI is InChI=1S/C24H41F2N9O2/c25-14-7-29-22-19(21(27)32-35(22)10-14)23(36)31-18-9-28-8-17(26)20(18)33-5-3-13(4-6-33)24(37)34-11-15-1-2-16(12-34)30-15/h13-22,28-30,32H,1-12,27H2,(H,31,36). The van der Waals surface area contributed by atoms with Crippen LogP contribution < -0.4 is 32.4 Å². The number of hydrogen-bond donors (Lipinski definition) is 6. The van der Waals surface area contributed by atoms with Crippen molar-refractivity contribution in [2.75, 3.05) is 52.4 Å². The molecule has 0 aliphatic carbocycles. The van der Waals surface area contributed by atoms with E-state index < -0.39 is 42.7 Å². The van der Waals surface area contributed by atoms with E-state index in [1.165, 1.54) is 0 Å². The van der Waals surface area contributed by atoms with Gasteiger partial charge in [-0.25, -0.2) is 19.2 Å². The minimum Gasteiger partial charge on any atom is -0.350 e. The van der Waals surface area contributed by atoms with E-state index in [0.29, 0.717) is 44.6 Å². The molecule has 6 saturated heterocycles. The molecule has 11 nitrogen and oxygen atoms in total. The Kier molecular flexibility index (Phi) is 7.38. The Hall–Kier alpha value is -1.48. The normalized spacial score (nSPS) is 43.5. The lowest BCUT2D eigenvalue weighted by molar-refractivity contribution is -0.139. The molecule has 0 spiro atoms. The van der Waals surface area contributed by atoms with Crippen LogP contribution in [0.3, 0.4) is 0 Å². The van der Waals surface area contributed by atoms with Crippen LogP contribution in [0.1, 0.15) is 25.7 Å². The van der Waals surface area contributed by atoms with Crippen molar-refractivity contribution in [1.82, 2.24) is 41.5 Å². The Balaban J connectivity index is 1.06. The average Bonchev–Trinajstić information content (AvgIpc) is 3.40. The topological polar surface area (TPSA) is 130 Å². The van der Waals surface area contributed by atoms with Gasteiger partial charge in [-0.15, -0.1) is 0 Å². The van der Waals surface area contributed by atoms with Crippen molar-refractivity contribution in [2.45, 2.75) is 74.5 Å². The van der Waals surface area contributed by atoms with E-state index >= 15 is 4.39 Å². The molecule has 37 heavy (non-hydrogen) atoms. The molecule has 9 atom stereocenters. The Labute approximate surface area is 216 Å². The molecule has 7 N–H and O–H groups in total. The summed E-state index contributed by atoms with van der Waals surface area (Å²) in [7, 11) is 0. The number of nitrogens with one attached hydrogen (secondary N) is 5. The van der Waals surface area contributed by atoms with Crippen LogP contribution in [0.4, 0.5) is 8.78 Å². The molecule has 208 valence electrons. The summed E-state index contributed by atoms with van der Waals surface area (Å²) in [4.78, 5) is 30.7. The van der Waals surface area contributed by atoms with Crippen LogP contribution in [-0.2, 0) is 9.59 Å². The van der Waals surface area contributed by atoms with Crippen LogP contribution in [0, 0.1) is 11.8 Å².